The number of carbonyl (C=O) groups excluding carboxylic acids is 3. The monoisotopic (exact) mass is 383 g/mol. The molecular weight excluding hydrogens is 370 g/mol. The van der Waals surface area contributed by atoms with Crippen molar-refractivity contribution >= 4 is 40.8 Å². The van der Waals surface area contributed by atoms with Crippen LogP contribution in [0.5, 0.6) is 0 Å². The van der Waals surface area contributed by atoms with Gasteiger partial charge in [0.25, 0.3) is 5.91 Å². The number of hydrogen-bond donors (Lipinski definition) is 1. The topological polar surface area (TPSA) is 88.1 Å². The molecule has 1 N–H and O–H groups in total. The molecule has 2 unspecified atom stereocenters. The molecule has 7 nitrogen and oxygen atoms in total. The molecule has 2 aliphatic rings. The van der Waals surface area contributed by atoms with Crippen LogP contribution < -0.4 is 10.3 Å². The van der Waals surface area contributed by atoms with E-state index in [0.29, 0.717) is 10.7 Å². The highest BCUT2D eigenvalue weighted by Gasteiger charge is 2.55. The van der Waals surface area contributed by atoms with Crippen LogP contribution in [0.15, 0.2) is 59.7 Å². The molecule has 4 rings (SSSR count). The first-order valence-corrected chi connectivity index (χ1v) is 8.61. The SMILES string of the molecule is O=C(OCc1ccccc1)C1=NNC2C(=O)N(c3ccc(Cl)cc3)C(=O)C12. The lowest BCUT2D eigenvalue weighted by Crippen LogP contribution is -2.36. The van der Waals surface area contributed by atoms with Gasteiger partial charge in [0.05, 0.1) is 5.69 Å². The minimum Gasteiger partial charge on any atom is -0.456 e. The summed E-state index contributed by atoms with van der Waals surface area (Å²) in [7, 11) is 0. The number of hydrazone groups is 1. The molecule has 1 saturated heterocycles. The summed E-state index contributed by atoms with van der Waals surface area (Å²) in [6.45, 7) is 0.0547. The van der Waals surface area contributed by atoms with E-state index in [1.54, 1.807) is 24.3 Å². The second-order valence-electron chi connectivity index (χ2n) is 6.13. The summed E-state index contributed by atoms with van der Waals surface area (Å²) in [5.74, 6) is -2.72. The lowest BCUT2D eigenvalue weighted by molar-refractivity contribution is -0.137. The van der Waals surface area contributed by atoms with Gasteiger partial charge in [0.1, 0.15) is 18.6 Å². The van der Waals surface area contributed by atoms with Crippen LogP contribution in [-0.2, 0) is 25.7 Å². The number of carbonyl (C=O) groups is 3. The van der Waals surface area contributed by atoms with Crippen molar-refractivity contribution in [1.29, 1.82) is 0 Å². The van der Waals surface area contributed by atoms with Crippen LogP contribution in [0.4, 0.5) is 5.69 Å². The number of nitrogens with one attached hydrogen (secondary N) is 1. The molecule has 1 fully saturated rings. The minimum absolute atomic E-state index is 0.0547. The van der Waals surface area contributed by atoms with Crippen molar-refractivity contribution in [3.63, 3.8) is 0 Å². The highest BCUT2D eigenvalue weighted by molar-refractivity contribution is 6.46. The third-order valence-corrected chi connectivity index (χ3v) is 4.68. The fraction of sp³-hybridized carbons (Fsp3) is 0.158. The molecule has 2 aliphatic heterocycles. The van der Waals surface area contributed by atoms with Gasteiger partial charge in [-0.3, -0.25) is 15.0 Å². The molecule has 2 atom stereocenters. The third-order valence-electron chi connectivity index (χ3n) is 4.43. The van der Waals surface area contributed by atoms with Crippen LogP contribution in [-0.4, -0.2) is 29.5 Å². The molecule has 0 spiro atoms. The number of fused-ring (bicyclic) bond motifs is 1. The van der Waals surface area contributed by atoms with Crippen LogP contribution in [0.1, 0.15) is 5.56 Å². The van der Waals surface area contributed by atoms with Crippen molar-refractivity contribution in [2.75, 3.05) is 4.90 Å². The molecule has 8 heteroatoms. The van der Waals surface area contributed by atoms with Gasteiger partial charge in [0.15, 0.2) is 5.71 Å². The Bertz CT molecular complexity index is 943. The molecule has 136 valence electrons. The Kier molecular flexibility index (Phi) is 4.37. The number of anilines is 1. The molecular formula is C19H14ClN3O4. The number of nitrogens with zero attached hydrogens (tertiary/aromatic N) is 2. The quantitative estimate of drug-likeness (QED) is 0.643. The van der Waals surface area contributed by atoms with Crippen molar-refractivity contribution in [3.05, 3.63) is 65.2 Å². The number of halogens is 1. The molecule has 0 aromatic heterocycles. The van der Waals surface area contributed by atoms with E-state index in [1.165, 1.54) is 0 Å². The van der Waals surface area contributed by atoms with Gasteiger partial charge >= 0.3 is 5.97 Å². The number of benzene rings is 2. The summed E-state index contributed by atoms with van der Waals surface area (Å²) >= 11 is 5.86. The normalized spacial score (nSPS) is 20.9. The summed E-state index contributed by atoms with van der Waals surface area (Å²) in [6.07, 6.45) is 0. The highest BCUT2D eigenvalue weighted by Crippen LogP contribution is 2.31. The number of rotatable bonds is 4. The van der Waals surface area contributed by atoms with Gasteiger partial charge in [0, 0.05) is 5.02 Å². The van der Waals surface area contributed by atoms with Gasteiger partial charge in [0.2, 0.25) is 5.91 Å². The molecule has 0 bridgehead atoms. The molecule has 0 saturated carbocycles. The first-order valence-electron chi connectivity index (χ1n) is 8.24. The predicted molar refractivity (Wildman–Crippen MR) is 98.0 cm³/mol. The summed E-state index contributed by atoms with van der Waals surface area (Å²) in [6, 6.07) is 14.6. The lowest BCUT2D eigenvalue weighted by Gasteiger charge is -2.15. The van der Waals surface area contributed by atoms with E-state index in [9.17, 15) is 14.4 Å². The Labute approximate surface area is 159 Å². The molecule has 2 amide bonds. The number of amides is 2. The molecule has 0 aliphatic carbocycles. The average molecular weight is 384 g/mol. The highest BCUT2D eigenvalue weighted by atomic mass is 35.5. The van der Waals surface area contributed by atoms with E-state index >= 15 is 0 Å². The maximum atomic E-state index is 12.8. The Morgan fingerprint density at radius 2 is 1.78 bits per heavy atom. The summed E-state index contributed by atoms with van der Waals surface area (Å²) < 4.78 is 5.25. The van der Waals surface area contributed by atoms with Gasteiger partial charge in [-0.25, -0.2) is 9.69 Å². The van der Waals surface area contributed by atoms with Gasteiger partial charge in [-0.1, -0.05) is 41.9 Å². The van der Waals surface area contributed by atoms with Gasteiger partial charge in [-0.05, 0) is 29.8 Å². The summed E-state index contributed by atoms with van der Waals surface area (Å²) in [5, 5.41) is 4.37. The third kappa shape index (κ3) is 3.06. The zero-order valence-corrected chi connectivity index (χ0v) is 14.7. The fourth-order valence-electron chi connectivity index (χ4n) is 3.10. The van der Waals surface area contributed by atoms with Crippen LogP contribution in [0, 0.1) is 5.92 Å². The summed E-state index contributed by atoms with van der Waals surface area (Å²) in [5.41, 5.74) is 3.70. The maximum absolute atomic E-state index is 12.8. The Hall–Kier alpha value is -3.19. The molecule has 2 aromatic rings. The van der Waals surface area contributed by atoms with Crippen molar-refractivity contribution in [1.82, 2.24) is 5.43 Å². The van der Waals surface area contributed by atoms with Crippen LogP contribution in [0.25, 0.3) is 0 Å². The van der Waals surface area contributed by atoms with Gasteiger partial charge in [-0.15, -0.1) is 0 Å². The number of esters is 1. The number of hydrogen-bond acceptors (Lipinski definition) is 6. The van der Waals surface area contributed by atoms with E-state index in [-0.39, 0.29) is 12.3 Å². The molecule has 2 aromatic carbocycles. The van der Waals surface area contributed by atoms with Crippen molar-refractivity contribution in [2.45, 2.75) is 12.6 Å². The van der Waals surface area contributed by atoms with Crippen LogP contribution >= 0.6 is 11.6 Å². The fourth-order valence-corrected chi connectivity index (χ4v) is 3.23. The second-order valence-corrected chi connectivity index (χ2v) is 6.57. The van der Waals surface area contributed by atoms with E-state index in [1.807, 2.05) is 30.3 Å². The van der Waals surface area contributed by atoms with E-state index in [4.69, 9.17) is 16.3 Å². The largest absolute Gasteiger partial charge is 0.456 e. The first-order chi connectivity index (χ1) is 13.1. The molecule has 2 heterocycles. The Morgan fingerprint density at radius 3 is 2.48 bits per heavy atom. The Morgan fingerprint density at radius 1 is 1.07 bits per heavy atom. The van der Waals surface area contributed by atoms with Crippen LogP contribution in [0.2, 0.25) is 5.02 Å². The van der Waals surface area contributed by atoms with Crippen LogP contribution in [0.3, 0.4) is 0 Å². The van der Waals surface area contributed by atoms with Gasteiger partial charge in [-0.2, -0.15) is 5.10 Å². The number of imide groups is 1. The number of ether oxygens (including phenoxy) is 1. The minimum atomic E-state index is -1.00. The Balaban J connectivity index is 1.51. The average Bonchev–Trinajstić information content (AvgIpc) is 3.22. The molecule has 27 heavy (non-hydrogen) atoms. The maximum Gasteiger partial charge on any atom is 0.355 e. The smallest absolute Gasteiger partial charge is 0.355 e. The van der Waals surface area contributed by atoms with Crippen molar-refractivity contribution < 1.29 is 19.1 Å². The van der Waals surface area contributed by atoms with E-state index < -0.39 is 29.7 Å². The van der Waals surface area contributed by atoms with Crippen molar-refractivity contribution in [3.8, 4) is 0 Å². The second kappa shape index (κ2) is 6.85. The standard InChI is InChI=1S/C19H14ClN3O4/c20-12-6-8-13(9-7-12)23-17(24)14-15(18(23)25)21-22-16(14)19(26)27-10-11-4-2-1-3-5-11/h1-9,14-15,21H,10H2. The predicted octanol–water partition coefficient (Wildman–Crippen LogP) is 1.90. The zero-order chi connectivity index (χ0) is 19.0. The first kappa shape index (κ1) is 17.2. The lowest BCUT2D eigenvalue weighted by atomic mass is 9.99. The van der Waals surface area contributed by atoms with E-state index in [2.05, 4.69) is 10.5 Å². The van der Waals surface area contributed by atoms with Crippen molar-refractivity contribution in [2.24, 2.45) is 11.0 Å². The van der Waals surface area contributed by atoms with Gasteiger partial charge < -0.3 is 4.74 Å². The zero-order valence-electron chi connectivity index (χ0n) is 14.0. The molecule has 0 radical (unpaired) electrons. The van der Waals surface area contributed by atoms with E-state index in [0.717, 1.165) is 10.5 Å². The summed E-state index contributed by atoms with van der Waals surface area (Å²) in [4.78, 5) is 38.9.